The van der Waals surface area contributed by atoms with E-state index in [-0.39, 0.29) is 25.6 Å². The molecule has 0 radical (unpaired) electrons. The van der Waals surface area contributed by atoms with Gasteiger partial charge in [0.2, 0.25) is 5.91 Å². The van der Waals surface area contributed by atoms with Gasteiger partial charge in [0.05, 0.1) is 13.2 Å². The van der Waals surface area contributed by atoms with E-state index in [4.69, 9.17) is 28.0 Å². The van der Waals surface area contributed by atoms with Crippen LogP contribution in [0.3, 0.4) is 0 Å². The molecule has 0 saturated carbocycles. The largest absolute Gasteiger partial charge is 0.463 e. The first-order chi connectivity index (χ1) is 20.4. The second-order valence-corrected chi connectivity index (χ2v) is 13.3. The van der Waals surface area contributed by atoms with Crippen molar-refractivity contribution < 1.29 is 51.7 Å². The normalized spacial score (nSPS) is 22.5. The number of unbranched alkanes of at least 4 members (excludes halogenated alkanes) is 6. The monoisotopic (exact) mass is 651 g/mol. The molecular formula is C29H50NO11PS. The Balaban J connectivity index is 3.39. The zero-order chi connectivity index (χ0) is 32.4. The molecule has 0 aliphatic carbocycles. The lowest BCUT2D eigenvalue weighted by atomic mass is 9.97. The zero-order valence-corrected chi connectivity index (χ0v) is 28.3. The van der Waals surface area contributed by atoms with Gasteiger partial charge in [0.25, 0.3) is 0 Å². The summed E-state index contributed by atoms with van der Waals surface area (Å²) in [7, 11) is -3.65. The molecule has 1 heterocycles. The standard InChI is InChI=1S/C29H50NO11PS/c1-8-11-12-13-14-15-16-17-24(42(35,37-9-2)38-10-3)19-43-29-26(30-20(4)31)28(40-23(7)34)27(39-22(6)33)25(41-29)18-36-21(5)32/h17,25-29H,8-16,18-19H2,1-7H3,(H,30,31)/b24-17-/t25-,26-,27-,28-,29+/m1/s1. The second kappa shape index (κ2) is 20.9. The molecule has 5 atom stereocenters. The van der Waals surface area contributed by atoms with Crippen LogP contribution in [0.15, 0.2) is 11.4 Å². The molecule has 0 aromatic rings. The van der Waals surface area contributed by atoms with Crippen molar-refractivity contribution in [2.45, 2.75) is 123 Å². The van der Waals surface area contributed by atoms with Crippen molar-refractivity contribution in [1.29, 1.82) is 0 Å². The van der Waals surface area contributed by atoms with Crippen LogP contribution in [-0.2, 0) is 51.7 Å². The minimum absolute atomic E-state index is 0.138. The molecule has 0 spiro atoms. The molecule has 1 aliphatic rings. The number of amides is 1. The quantitative estimate of drug-likeness (QED) is 0.0789. The summed E-state index contributed by atoms with van der Waals surface area (Å²) in [5.41, 5.74) is -0.894. The Hall–Kier alpha value is -1.92. The molecule has 43 heavy (non-hydrogen) atoms. The Morgan fingerprint density at radius 3 is 1.95 bits per heavy atom. The fourth-order valence-electron chi connectivity index (χ4n) is 4.59. The third kappa shape index (κ3) is 14.6. The highest BCUT2D eigenvalue weighted by Gasteiger charge is 2.51. The van der Waals surface area contributed by atoms with Crippen molar-refractivity contribution in [2.75, 3.05) is 25.6 Å². The molecule has 0 unspecified atom stereocenters. The number of hydrogen-bond acceptors (Lipinski definition) is 12. The number of carbonyl (C=O) groups excluding carboxylic acids is 4. The average Bonchev–Trinajstić information content (AvgIpc) is 2.91. The minimum Gasteiger partial charge on any atom is -0.463 e. The van der Waals surface area contributed by atoms with E-state index in [2.05, 4.69) is 12.2 Å². The molecule has 1 rings (SSSR count). The summed E-state index contributed by atoms with van der Waals surface area (Å²) in [6, 6.07) is -0.970. The molecule has 0 bridgehead atoms. The first kappa shape index (κ1) is 39.1. The van der Waals surface area contributed by atoms with Gasteiger partial charge in [-0.15, -0.1) is 11.8 Å². The van der Waals surface area contributed by atoms with Crippen LogP contribution in [0.1, 0.15) is 93.4 Å². The van der Waals surface area contributed by atoms with Gasteiger partial charge in [0, 0.05) is 38.8 Å². The molecule has 12 nitrogen and oxygen atoms in total. The Kier molecular flexibility index (Phi) is 19.0. The van der Waals surface area contributed by atoms with E-state index in [1.807, 2.05) is 6.08 Å². The fraction of sp³-hybridized carbons (Fsp3) is 0.793. The molecule has 1 saturated heterocycles. The average molecular weight is 652 g/mol. The topological polar surface area (TPSA) is 153 Å². The van der Waals surface area contributed by atoms with E-state index in [1.165, 1.54) is 52.3 Å². The van der Waals surface area contributed by atoms with Gasteiger partial charge < -0.3 is 33.3 Å². The van der Waals surface area contributed by atoms with Crippen LogP contribution in [-0.4, -0.2) is 79.2 Å². The lowest BCUT2D eigenvalue weighted by molar-refractivity contribution is -0.211. The number of thioether (sulfide) groups is 1. The lowest BCUT2D eigenvalue weighted by Gasteiger charge is -2.45. The molecule has 0 aromatic heterocycles. The predicted molar refractivity (Wildman–Crippen MR) is 163 cm³/mol. The van der Waals surface area contributed by atoms with Crippen molar-refractivity contribution >= 4 is 43.2 Å². The van der Waals surface area contributed by atoms with Crippen LogP contribution in [0.5, 0.6) is 0 Å². The predicted octanol–water partition coefficient (Wildman–Crippen LogP) is 5.28. The van der Waals surface area contributed by atoms with Gasteiger partial charge in [-0.2, -0.15) is 0 Å². The summed E-state index contributed by atoms with van der Waals surface area (Å²) in [4.78, 5) is 48.0. The van der Waals surface area contributed by atoms with Crippen LogP contribution in [0, 0.1) is 0 Å². The lowest BCUT2D eigenvalue weighted by Crippen LogP contribution is -2.65. The molecule has 1 N–H and O–H groups in total. The summed E-state index contributed by atoms with van der Waals surface area (Å²) in [6.07, 6.45) is 5.79. The Morgan fingerprint density at radius 1 is 0.837 bits per heavy atom. The smallest absolute Gasteiger partial charge is 0.357 e. The number of nitrogens with one attached hydrogen (secondary N) is 1. The van der Waals surface area contributed by atoms with Crippen molar-refractivity contribution in [3.8, 4) is 0 Å². The van der Waals surface area contributed by atoms with Gasteiger partial charge in [-0.3, -0.25) is 23.7 Å². The first-order valence-corrected chi connectivity index (χ1v) is 17.6. The fourth-order valence-corrected chi connectivity index (χ4v) is 7.99. The molecule has 1 aliphatic heterocycles. The van der Waals surface area contributed by atoms with Crippen molar-refractivity contribution in [3.05, 3.63) is 11.4 Å². The first-order valence-electron chi connectivity index (χ1n) is 15.0. The highest BCUT2D eigenvalue weighted by molar-refractivity contribution is 8.00. The van der Waals surface area contributed by atoms with E-state index in [0.717, 1.165) is 25.7 Å². The van der Waals surface area contributed by atoms with Crippen molar-refractivity contribution in [2.24, 2.45) is 0 Å². The Bertz CT molecular complexity index is 966. The van der Waals surface area contributed by atoms with E-state index < -0.39 is 61.2 Å². The zero-order valence-electron chi connectivity index (χ0n) is 26.6. The van der Waals surface area contributed by atoms with E-state index in [0.29, 0.717) is 11.7 Å². The maximum absolute atomic E-state index is 13.9. The number of rotatable bonds is 20. The number of ether oxygens (including phenoxy) is 4. The van der Waals surface area contributed by atoms with Crippen LogP contribution >= 0.6 is 19.4 Å². The molecule has 248 valence electrons. The van der Waals surface area contributed by atoms with Crippen LogP contribution in [0.25, 0.3) is 0 Å². The third-order valence-electron chi connectivity index (χ3n) is 6.35. The van der Waals surface area contributed by atoms with Crippen molar-refractivity contribution in [3.63, 3.8) is 0 Å². The number of esters is 3. The third-order valence-corrected chi connectivity index (χ3v) is 10.0. The van der Waals surface area contributed by atoms with E-state index in [1.54, 1.807) is 13.8 Å². The summed E-state index contributed by atoms with van der Waals surface area (Å²) in [5.74, 6) is -2.24. The Labute approximate surface area is 260 Å². The van der Waals surface area contributed by atoms with Crippen LogP contribution in [0.4, 0.5) is 0 Å². The summed E-state index contributed by atoms with van der Waals surface area (Å²) in [5, 5.41) is 3.21. The highest BCUT2D eigenvalue weighted by Crippen LogP contribution is 2.57. The summed E-state index contributed by atoms with van der Waals surface area (Å²) in [6.45, 7) is 10.6. The Morgan fingerprint density at radius 2 is 1.42 bits per heavy atom. The van der Waals surface area contributed by atoms with Gasteiger partial charge in [0.1, 0.15) is 24.2 Å². The highest BCUT2D eigenvalue weighted by atomic mass is 32.2. The summed E-state index contributed by atoms with van der Waals surface area (Å²) < 4.78 is 47.6. The maximum atomic E-state index is 13.9. The molecule has 14 heteroatoms. The van der Waals surface area contributed by atoms with Crippen LogP contribution < -0.4 is 5.32 Å². The molecule has 0 aromatic carbocycles. The SMILES string of the molecule is CCCCCCCC/C=C(/CS[C@@H]1O[C@H](COC(C)=O)[C@@H](OC(C)=O)[C@H](OC(C)=O)[C@H]1NC(C)=O)P(=O)(OCC)OCC. The van der Waals surface area contributed by atoms with Gasteiger partial charge in [-0.05, 0) is 26.7 Å². The van der Waals surface area contributed by atoms with Gasteiger partial charge in [-0.1, -0.05) is 45.1 Å². The molecular weight excluding hydrogens is 601 g/mol. The van der Waals surface area contributed by atoms with E-state index >= 15 is 0 Å². The summed E-state index contributed by atoms with van der Waals surface area (Å²) >= 11 is 1.19. The maximum Gasteiger partial charge on any atom is 0.357 e. The molecule has 1 amide bonds. The van der Waals surface area contributed by atoms with Gasteiger partial charge >= 0.3 is 25.5 Å². The second-order valence-electron chi connectivity index (χ2n) is 10.1. The number of hydrogen-bond donors (Lipinski definition) is 1. The van der Waals surface area contributed by atoms with Gasteiger partial charge in [-0.25, -0.2) is 0 Å². The van der Waals surface area contributed by atoms with Crippen molar-refractivity contribution in [1.82, 2.24) is 5.32 Å². The molecule has 1 fully saturated rings. The van der Waals surface area contributed by atoms with E-state index in [9.17, 15) is 23.7 Å². The number of allylic oxidation sites excluding steroid dienone is 1. The minimum atomic E-state index is -3.65. The number of carbonyl (C=O) groups is 4. The van der Waals surface area contributed by atoms with Gasteiger partial charge in [0.15, 0.2) is 12.2 Å². The van der Waals surface area contributed by atoms with Crippen LogP contribution in [0.2, 0.25) is 0 Å².